The standard InChI is InChI=1S/C7H13N3OS/c1-3-4-5(11-2)6-9-7(8)12-10-6/h5H,3-4H2,1-2H3,(H2,8,9,10). The van der Waals surface area contributed by atoms with Crippen LogP contribution in [-0.4, -0.2) is 16.5 Å². The number of nitrogens with two attached hydrogens (primary N) is 1. The maximum atomic E-state index is 5.46. The van der Waals surface area contributed by atoms with Crippen LogP contribution in [0.15, 0.2) is 0 Å². The van der Waals surface area contributed by atoms with Crippen LogP contribution in [0.3, 0.4) is 0 Å². The van der Waals surface area contributed by atoms with Crippen molar-refractivity contribution in [3.8, 4) is 0 Å². The second-order valence-corrected chi connectivity index (χ2v) is 3.29. The summed E-state index contributed by atoms with van der Waals surface area (Å²) in [5, 5.41) is 0.503. The zero-order valence-corrected chi connectivity index (χ0v) is 8.10. The quantitative estimate of drug-likeness (QED) is 0.777. The average molecular weight is 187 g/mol. The first-order valence-electron chi connectivity index (χ1n) is 3.89. The summed E-state index contributed by atoms with van der Waals surface area (Å²) in [5.74, 6) is 0.710. The fraction of sp³-hybridized carbons (Fsp3) is 0.714. The zero-order chi connectivity index (χ0) is 8.97. The molecule has 0 aliphatic heterocycles. The molecule has 0 fully saturated rings. The van der Waals surface area contributed by atoms with Crippen molar-refractivity contribution in [2.24, 2.45) is 0 Å². The summed E-state index contributed by atoms with van der Waals surface area (Å²) >= 11 is 1.21. The number of rotatable bonds is 4. The largest absolute Gasteiger partial charge is 0.374 e. The van der Waals surface area contributed by atoms with Crippen molar-refractivity contribution >= 4 is 16.7 Å². The topological polar surface area (TPSA) is 61.0 Å². The summed E-state index contributed by atoms with van der Waals surface area (Å²) in [6.45, 7) is 2.10. The number of hydrogen-bond donors (Lipinski definition) is 1. The van der Waals surface area contributed by atoms with Crippen LogP contribution in [0.2, 0.25) is 0 Å². The lowest BCUT2D eigenvalue weighted by Gasteiger charge is -2.08. The molecule has 0 aromatic carbocycles. The van der Waals surface area contributed by atoms with Gasteiger partial charge in [0.25, 0.3) is 0 Å². The molecule has 0 aliphatic rings. The van der Waals surface area contributed by atoms with Gasteiger partial charge in [0.15, 0.2) is 11.0 Å². The van der Waals surface area contributed by atoms with Crippen LogP contribution in [0, 0.1) is 0 Å². The molecule has 5 heteroatoms. The van der Waals surface area contributed by atoms with Gasteiger partial charge in [0.1, 0.15) is 6.10 Å². The maximum Gasteiger partial charge on any atom is 0.200 e. The molecule has 0 amide bonds. The Morgan fingerprint density at radius 1 is 1.67 bits per heavy atom. The molecule has 0 saturated carbocycles. The van der Waals surface area contributed by atoms with Gasteiger partial charge in [-0.2, -0.15) is 4.37 Å². The smallest absolute Gasteiger partial charge is 0.200 e. The van der Waals surface area contributed by atoms with E-state index in [-0.39, 0.29) is 6.10 Å². The molecule has 1 heterocycles. The predicted molar refractivity (Wildman–Crippen MR) is 49.0 cm³/mol. The Kier molecular flexibility index (Phi) is 3.43. The van der Waals surface area contributed by atoms with Crippen molar-refractivity contribution in [1.29, 1.82) is 0 Å². The molecule has 0 radical (unpaired) electrons. The van der Waals surface area contributed by atoms with Crippen LogP contribution < -0.4 is 5.73 Å². The lowest BCUT2D eigenvalue weighted by atomic mass is 10.2. The summed E-state index contributed by atoms with van der Waals surface area (Å²) in [5.41, 5.74) is 5.46. The highest BCUT2D eigenvalue weighted by atomic mass is 32.1. The van der Waals surface area contributed by atoms with E-state index >= 15 is 0 Å². The van der Waals surface area contributed by atoms with Crippen LogP contribution in [0.4, 0.5) is 5.13 Å². The van der Waals surface area contributed by atoms with Crippen molar-refractivity contribution in [1.82, 2.24) is 9.36 Å². The Bertz CT molecular complexity index is 238. The second kappa shape index (κ2) is 4.37. The summed E-state index contributed by atoms with van der Waals surface area (Å²) in [6, 6.07) is 0. The summed E-state index contributed by atoms with van der Waals surface area (Å²) in [6.07, 6.45) is 1.99. The number of anilines is 1. The molecule has 12 heavy (non-hydrogen) atoms. The van der Waals surface area contributed by atoms with Gasteiger partial charge in [-0.25, -0.2) is 4.98 Å². The fourth-order valence-electron chi connectivity index (χ4n) is 0.993. The van der Waals surface area contributed by atoms with E-state index in [1.54, 1.807) is 7.11 Å². The second-order valence-electron chi connectivity index (χ2n) is 2.50. The summed E-state index contributed by atoms with van der Waals surface area (Å²) in [7, 11) is 1.66. The number of nitrogen functional groups attached to an aromatic ring is 1. The molecule has 1 rings (SSSR count). The monoisotopic (exact) mass is 187 g/mol. The third kappa shape index (κ3) is 2.15. The number of nitrogens with zero attached hydrogens (tertiary/aromatic N) is 2. The first-order valence-corrected chi connectivity index (χ1v) is 4.67. The third-order valence-electron chi connectivity index (χ3n) is 1.58. The normalized spacial score (nSPS) is 13.2. The van der Waals surface area contributed by atoms with Crippen LogP contribution in [0.1, 0.15) is 31.7 Å². The lowest BCUT2D eigenvalue weighted by Crippen LogP contribution is -2.03. The third-order valence-corrected chi connectivity index (χ3v) is 2.14. The number of methoxy groups -OCH3 is 1. The predicted octanol–water partition coefficient (Wildman–Crippen LogP) is 1.61. The van der Waals surface area contributed by atoms with E-state index in [9.17, 15) is 0 Å². The van der Waals surface area contributed by atoms with E-state index < -0.39 is 0 Å². The van der Waals surface area contributed by atoms with Gasteiger partial charge < -0.3 is 10.5 Å². The van der Waals surface area contributed by atoms with Crippen LogP contribution in [-0.2, 0) is 4.74 Å². The van der Waals surface area contributed by atoms with E-state index in [2.05, 4.69) is 16.3 Å². The fourth-order valence-corrected chi connectivity index (χ4v) is 1.47. The molecular formula is C7H13N3OS. The maximum absolute atomic E-state index is 5.46. The van der Waals surface area contributed by atoms with Gasteiger partial charge in [-0.05, 0) is 6.42 Å². The molecule has 1 unspecified atom stereocenters. The summed E-state index contributed by atoms with van der Waals surface area (Å²) < 4.78 is 9.30. The molecule has 0 bridgehead atoms. The van der Waals surface area contributed by atoms with E-state index in [4.69, 9.17) is 10.5 Å². The summed E-state index contributed by atoms with van der Waals surface area (Å²) in [4.78, 5) is 4.06. The minimum atomic E-state index is 0.00329. The molecule has 1 aromatic heterocycles. The number of aromatic nitrogens is 2. The molecule has 0 spiro atoms. The molecule has 2 N–H and O–H groups in total. The van der Waals surface area contributed by atoms with Crippen LogP contribution in [0.25, 0.3) is 0 Å². The minimum absolute atomic E-state index is 0.00329. The van der Waals surface area contributed by atoms with Gasteiger partial charge in [0, 0.05) is 18.6 Å². The van der Waals surface area contributed by atoms with Gasteiger partial charge in [-0.1, -0.05) is 13.3 Å². The first-order chi connectivity index (χ1) is 5.77. The Morgan fingerprint density at radius 3 is 2.83 bits per heavy atom. The molecule has 4 nitrogen and oxygen atoms in total. The Morgan fingerprint density at radius 2 is 2.42 bits per heavy atom. The van der Waals surface area contributed by atoms with Crippen molar-refractivity contribution in [2.45, 2.75) is 25.9 Å². The average Bonchev–Trinajstić information content (AvgIpc) is 2.47. The van der Waals surface area contributed by atoms with Crippen LogP contribution in [0.5, 0.6) is 0 Å². The highest BCUT2D eigenvalue weighted by molar-refractivity contribution is 7.09. The number of ether oxygens (including phenoxy) is 1. The van der Waals surface area contributed by atoms with E-state index in [0.29, 0.717) is 11.0 Å². The molecule has 0 saturated heterocycles. The van der Waals surface area contributed by atoms with Crippen molar-refractivity contribution in [3.63, 3.8) is 0 Å². The van der Waals surface area contributed by atoms with Crippen molar-refractivity contribution < 1.29 is 4.74 Å². The van der Waals surface area contributed by atoms with Crippen molar-refractivity contribution in [2.75, 3.05) is 12.8 Å². The lowest BCUT2D eigenvalue weighted by molar-refractivity contribution is 0.0887. The Labute approximate surface area is 75.9 Å². The van der Waals surface area contributed by atoms with Crippen molar-refractivity contribution in [3.05, 3.63) is 5.82 Å². The first kappa shape index (κ1) is 9.41. The Hall–Kier alpha value is -0.680. The van der Waals surface area contributed by atoms with Gasteiger partial charge in [0.05, 0.1) is 0 Å². The van der Waals surface area contributed by atoms with E-state index in [1.807, 2.05) is 0 Å². The molecule has 0 aliphatic carbocycles. The highest BCUT2D eigenvalue weighted by Gasteiger charge is 2.13. The zero-order valence-electron chi connectivity index (χ0n) is 7.28. The molecule has 68 valence electrons. The Balaban J connectivity index is 2.66. The molecular weight excluding hydrogens is 174 g/mol. The van der Waals surface area contributed by atoms with Gasteiger partial charge in [-0.3, -0.25) is 0 Å². The van der Waals surface area contributed by atoms with E-state index in [1.165, 1.54) is 11.5 Å². The molecule has 1 aromatic rings. The van der Waals surface area contributed by atoms with Gasteiger partial charge >= 0.3 is 0 Å². The highest BCUT2D eigenvalue weighted by Crippen LogP contribution is 2.21. The SMILES string of the molecule is CCCC(OC)c1nsc(N)n1. The molecule has 1 atom stereocenters. The number of hydrogen-bond acceptors (Lipinski definition) is 5. The van der Waals surface area contributed by atoms with Crippen LogP contribution >= 0.6 is 11.5 Å². The minimum Gasteiger partial charge on any atom is -0.374 e. The van der Waals surface area contributed by atoms with Gasteiger partial charge in [0.2, 0.25) is 0 Å². The van der Waals surface area contributed by atoms with Gasteiger partial charge in [-0.15, -0.1) is 0 Å². The van der Waals surface area contributed by atoms with E-state index in [0.717, 1.165) is 12.8 Å².